The molecule has 6 rings (SSSR count). The molecule has 8 nitrogen and oxygen atoms in total. The van der Waals surface area contributed by atoms with Gasteiger partial charge in [-0.3, -0.25) is 9.69 Å². The van der Waals surface area contributed by atoms with Crippen LogP contribution in [-0.2, 0) is 14.3 Å². The van der Waals surface area contributed by atoms with Gasteiger partial charge in [0.25, 0.3) is 0 Å². The first-order chi connectivity index (χ1) is 17.4. The third kappa shape index (κ3) is 4.17. The molecule has 3 aliphatic heterocycles. The summed E-state index contributed by atoms with van der Waals surface area (Å²) < 4.78 is 11.1. The number of aromatic nitrogens is 1. The van der Waals surface area contributed by atoms with Crippen LogP contribution in [0.2, 0.25) is 5.02 Å². The second-order valence-corrected chi connectivity index (χ2v) is 11.3. The zero-order chi connectivity index (χ0) is 24.9. The fraction of sp³-hybridized carbons (Fsp3) is 0.630. The van der Waals surface area contributed by atoms with Crippen LogP contribution in [0.3, 0.4) is 0 Å². The number of benzene rings is 1. The Bertz CT molecular complexity index is 1150. The van der Waals surface area contributed by atoms with Crippen molar-refractivity contribution < 1.29 is 19.4 Å². The number of ether oxygens (including phenoxy) is 2. The van der Waals surface area contributed by atoms with Crippen molar-refractivity contribution in [3.63, 3.8) is 0 Å². The molecule has 0 bridgehead atoms. The molecule has 36 heavy (non-hydrogen) atoms. The Hall–Kier alpha value is -1.97. The molecule has 3 saturated heterocycles. The maximum atomic E-state index is 12.9. The predicted octanol–water partition coefficient (Wildman–Crippen LogP) is 3.31. The summed E-state index contributed by atoms with van der Waals surface area (Å²) in [4.78, 5) is 22.1. The number of pyridine rings is 1. The van der Waals surface area contributed by atoms with Crippen molar-refractivity contribution in [1.82, 2.24) is 9.88 Å². The van der Waals surface area contributed by atoms with E-state index in [1.54, 1.807) is 6.20 Å². The molecule has 1 aliphatic carbocycles. The molecule has 1 unspecified atom stereocenters. The van der Waals surface area contributed by atoms with Crippen LogP contribution in [0.4, 0.5) is 11.5 Å². The van der Waals surface area contributed by atoms with Gasteiger partial charge in [0.2, 0.25) is 5.91 Å². The molecular formula is C27H35ClN4O4. The third-order valence-corrected chi connectivity index (χ3v) is 9.45. The van der Waals surface area contributed by atoms with E-state index < -0.39 is 6.10 Å². The van der Waals surface area contributed by atoms with Gasteiger partial charge in [-0.25, -0.2) is 4.98 Å². The van der Waals surface area contributed by atoms with E-state index >= 15 is 0 Å². The van der Waals surface area contributed by atoms with E-state index in [-0.39, 0.29) is 22.8 Å². The van der Waals surface area contributed by atoms with Crippen molar-refractivity contribution >= 4 is 39.8 Å². The summed E-state index contributed by atoms with van der Waals surface area (Å²) in [7, 11) is 0. The van der Waals surface area contributed by atoms with Crippen LogP contribution in [0.25, 0.3) is 10.8 Å². The van der Waals surface area contributed by atoms with Gasteiger partial charge in [-0.05, 0) is 54.7 Å². The highest BCUT2D eigenvalue weighted by Crippen LogP contribution is 2.59. The van der Waals surface area contributed by atoms with Gasteiger partial charge in [0.1, 0.15) is 5.82 Å². The smallest absolute Gasteiger partial charge is 0.229 e. The molecule has 1 spiro atoms. The minimum absolute atomic E-state index is 0.0613. The zero-order valence-electron chi connectivity index (χ0n) is 20.8. The van der Waals surface area contributed by atoms with Crippen molar-refractivity contribution in [3.05, 3.63) is 29.4 Å². The van der Waals surface area contributed by atoms with E-state index in [4.69, 9.17) is 21.1 Å². The van der Waals surface area contributed by atoms with Gasteiger partial charge in [-0.1, -0.05) is 18.5 Å². The fourth-order valence-corrected chi connectivity index (χ4v) is 6.87. The number of hydrogen-bond donors (Lipinski definition) is 2. The molecule has 4 heterocycles. The largest absolute Gasteiger partial charge is 0.389 e. The number of aliphatic hydroxyl groups is 1. The normalized spacial score (nSPS) is 30.1. The molecule has 2 aromatic rings. The van der Waals surface area contributed by atoms with Gasteiger partial charge < -0.3 is 24.8 Å². The standard InChI is InChI=1S/C27H35ClN4O4/c1-2-27(17-36-16-23(27)33)32-7-5-31(6-8-32)22-12-18-13-24(29-15-19(18)11-21(22)28)30-25(34)20-14-26(20)3-9-35-10-4-26/h11-13,15,20,23,33H,2-10,14,16-17H2,1H3,(H,29,30,34)/t20?,23-,27+/m1/s1. The second kappa shape index (κ2) is 9.40. The minimum atomic E-state index is -0.448. The van der Waals surface area contributed by atoms with Gasteiger partial charge in [-0.2, -0.15) is 0 Å². The van der Waals surface area contributed by atoms with Crippen LogP contribution < -0.4 is 10.2 Å². The first-order valence-corrected chi connectivity index (χ1v) is 13.6. The molecule has 1 aromatic heterocycles. The number of carbonyl (C=O) groups excluding carboxylic acids is 1. The van der Waals surface area contributed by atoms with Gasteiger partial charge in [0, 0.05) is 56.9 Å². The lowest BCUT2D eigenvalue weighted by Crippen LogP contribution is -2.62. The number of hydrogen-bond acceptors (Lipinski definition) is 7. The Kier molecular flexibility index (Phi) is 6.37. The maximum absolute atomic E-state index is 12.9. The third-order valence-electron chi connectivity index (χ3n) is 9.14. The molecule has 4 aliphatic rings. The van der Waals surface area contributed by atoms with Crippen molar-refractivity contribution in [1.29, 1.82) is 0 Å². The van der Waals surface area contributed by atoms with E-state index in [0.29, 0.717) is 24.1 Å². The maximum Gasteiger partial charge on any atom is 0.229 e. The zero-order valence-corrected chi connectivity index (χ0v) is 21.6. The number of fused-ring (bicyclic) bond motifs is 1. The molecule has 1 amide bonds. The summed E-state index contributed by atoms with van der Waals surface area (Å²) in [6, 6.07) is 6.00. The van der Waals surface area contributed by atoms with Gasteiger partial charge in [0.05, 0.1) is 35.6 Å². The van der Waals surface area contributed by atoms with Crippen molar-refractivity contribution in [3.8, 4) is 0 Å². The van der Waals surface area contributed by atoms with Crippen LogP contribution in [0.15, 0.2) is 24.4 Å². The van der Waals surface area contributed by atoms with Crippen LogP contribution >= 0.6 is 11.6 Å². The second-order valence-electron chi connectivity index (χ2n) is 10.9. The lowest BCUT2D eigenvalue weighted by atomic mass is 9.89. The summed E-state index contributed by atoms with van der Waals surface area (Å²) in [6.07, 6.45) is 5.08. The topological polar surface area (TPSA) is 87.2 Å². The number of rotatable bonds is 5. The number of carbonyl (C=O) groups is 1. The summed E-state index contributed by atoms with van der Waals surface area (Å²) in [5.41, 5.74) is 0.839. The molecule has 1 aromatic carbocycles. The average Bonchev–Trinajstić information content (AvgIpc) is 3.45. The van der Waals surface area contributed by atoms with E-state index in [1.165, 1.54) is 0 Å². The van der Waals surface area contributed by atoms with E-state index in [0.717, 1.165) is 81.5 Å². The number of amides is 1. The SMILES string of the molecule is CC[C@]1(N2CCN(c3cc4cc(NC(=O)C5CC56CCOCC6)ncc4cc3Cl)CC2)COC[C@H]1O. The first-order valence-electron chi connectivity index (χ1n) is 13.2. The van der Waals surface area contributed by atoms with E-state index in [2.05, 4.69) is 33.1 Å². The minimum Gasteiger partial charge on any atom is -0.389 e. The Labute approximate surface area is 216 Å². The van der Waals surface area contributed by atoms with Crippen molar-refractivity contribution in [2.24, 2.45) is 11.3 Å². The number of nitrogens with one attached hydrogen (secondary N) is 1. The molecular weight excluding hydrogens is 480 g/mol. The van der Waals surface area contributed by atoms with Crippen LogP contribution in [0.5, 0.6) is 0 Å². The number of piperazine rings is 1. The molecule has 2 N–H and O–H groups in total. The van der Waals surface area contributed by atoms with Gasteiger partial charge in [0.15, 0.2) is 0 Å². The number of nitrogens with zero attached hydrogens (tertiary/aromatic N) is 3. The Morgan fingerprint density at radius 3 is 2.64 bits per heavy atom. The summed E-state index contributed by atoms with van der Waals surface area (Å²) >= 11 is 6.71. The van der Waals surface area contributed by atoms with Gasteiger partial charge >= 0.3 is 0 Å². The first kappa shape index (κ1) is 24.4. The summed E-state index contributed by atoms with van der Waals surface area (Å²) in [5.74, 6) is 0.711. The van der Waals surface area contributed by atoms with Crippen LogP contribution in [0, 0.1) is 11.3 Å². The molecule has 9 heteroatoms. The average molecular weight is 515 g/mol. The number of aliphatic hydroxyl groups excluding tert-OH is 1. The fourth-order valence-electron chi connectivity index (χ4n) is 6.58. The Morgan fingerprint density at radius 2 is 1.94 bits per heavy atom. The van der Waals surface area contributed by atoms with Gasteiger partial charge in [-0.15, -0.1) is 0 Å². The van der Waals surface area contributed by atoms with Crippen molar-refractivity contribution in [2.75, 3.05) is 62.8 Å². The van der Waals surface area contributed by atoms with E-state index in [1.807, 2.05) is 12.1 Å². The Morgan fingerprint density at radius 1 is 1.17 bits per heavy atom. The van der Waals surface area contributed by atoms with Crippen LogP contribution in [-0.4, -0.2) is 85.1 Å². The molecule has 4 fully saturated rings. The molecule has 3 atom stereocenters. The summed E-state index contributed by atoms with van der Waals surface area (Å²) in [5, 5.41) is 16.3. The van der Waals surface area contributed by atoms with E-state index in [9.17, 15) is 9.90 Å². The highest BCUT2D eigenvalue weighted by Gasteiger charge is 2.58. The lowest BCUT2D eigenvalue weighted by molar-refractivity contribution is -0.118. The van der Waals surface area contributed by atoms with Crippen molar-refractivity contribution in [2.45, 2.75) is 44.2 Å². The number of halogens is 1. The van der Waals surface area contributed by atoms with Crippen LogP contribution in [0.1, 0.15) is 32.6 Å². The lowest BCUT2D eigenvalue weighted by Gasteiger charge is -2.47. The number of anilines is 2. The highest BCUT2D eigenvalue weighted by molar-refractivity contribution is 6.34. The molecule has 194 valence electrons. The predicted molar refractivity (Wildman–Crippen MR) is 140 cm³/mol. The highest BCUT2D eigenvalue weighted by atomic mass is 35.5. The Balaban J connectivity index is 1.16. The quantitative estimate of drug-likeness (QED) is 0.633. The molecule has 1 saturated carbocycles. The molecule has 0 radical (unpaired) electrons. The monoisotopic (exact) mass is 514 g/mol. The summed E-state index contributed by atoms with van der Waals surface area (Å²) in [6.45, 7) is 7.95.